The van der Waals surface area contributed by atoms with Crippen LogP contribution in [0.1, 0.15) is 18.2 Å². The second-order valence-electron chi connectivity index (χ2n) is 8.53. The summed E-state index contributed by atoms with van der Waals surface area (Å²) in [5, 5.41) is 8.10. The van der Waals surface area contributed by atoms with Gasteiger partial charge in [0.05, 0.1) is 11.2 Å². The molecule has 0 fully saturated rings. The van der Waals surface area contributed by atoms with Crippen LogP contribution < -0.4 is 15.5 Å². The molecule has 0 aliphatic heterocycles. The number of hydrogen-bond donors (Lipinski definition) is 2. The fourth-order valence-electron chi connectivity index (χ4n) is 3.59. The summed E-state index contributed by atoms with van der Waals surface area (Å²) in [6, 6.07) is 23.8. The lowest BCUT2D eigenvalue weighted by atomic mass is 10.1. The molecule has 39 heavy (non-hydrogen) atoms. The number of hydrazone groups is 1. The number of furan rings is 1. The summed E-state index contributed by atoms with van der Waals surface area (Å²) in [6.07, 6.45) is 0.684. The average Bonchev–Trinajstić information content (AvgIpc) is 3.39. The Morgan fingerprint density at radius 2 is 1.64 bits per heavy atom. The van der Waals surface area contributed by atoms with E-state index in [1.807, 2.05) is 42.5 Å². The predicted octanol–water partition coefficient (Wildman–Crippen LogP) is 6.55. The molecule has 0 saturated carbocycles. The summed E-state index contributed by atoms with van der Waals surface area (Å²) in [4.78, 5) is 26.0. The van der Waals surface area contributed by atoms with Gasteiger partial charge in [-0.2, -0.15) is 5.10 Å². The Hall–Kier alpha value is -3.78. The molecule has 3 aromatic carbocycles. The Kier molecular flexibility index (Phi) is 9.65. The van der Waals surface area contributed by atoms with Crippen LogP contribution in [0, 0.1) is 0 Å². The van der Waals surface area contributed by atoms with Crippen molar-refractivity contribution in [3.8, 4) is 17.1 Å². The number of ether oxygens (including phenoxy) is 1. The summed E-state index contributed by atoms with van der Waals surface area (Å²) >= 11 is 18.0. The van der Waals surface area contributed by atoms with Gasteiger partial charge in [-0.1, -0.05) is 65.1 Å². The van der Waals surface area contributed by atoms with Crippen LogP contribution in [0.5, 0.6) is 5.75 Å². The smallest absolute Gasteiger partial charge is 0.262 e. The lowest BCUT2D eigenvalue weighted by molar-refractivity contribution is -0.132. The molecule has 1 heterocycles. The maximum absolute atomic E-state index is 13.0. The maximum Gasteiger partial charge on any atom is 0.262 e. The van der Waals surface area contributed by atoms with Gasteiger partial charge in [-0.3, -0.25) is 9.59 Å². The lowest BCUT2D eigenvalue weighted by Crippen LogP contribution is -2.50. The Bertz CT molecular complexity index is 1460. The largest absolute Gasteiger partial charge is 0.479 e. The predicted molar refractivity (Wildman–Crippen MR) is 154 cm³/mol. The van der Waals surface area contributed by atoms with Crippen molar-refractivity contribution in [3.63, 3.8) is 0 Å². The highest BCUT2D eigenvalue weighted by Crippen LogP contribution is 2.28. The molecule has 0 radical (unpaired) electrons. The molecule has 10 heteroatoms. The van der Waals surface area contributed by atoms with Crippen LogP contribution in [0.4, 0.5) is 0 Å². The number of halogens is 3. The second kappa shape index (κ2) is 13.3. The molecular formula is C29H24Cl3N3O4. The molecule has 7 nitrogen and oxygen atoms in total. The minimum atomic E-state index is -0.937. The maximum atomic E-state index is 13.0. The van der Waals surface area contributed by atoms with Crippen molar-refractivity contribution in [1.82, 2.24) is 10.7 Å². The van der Waals surface area contributed by atoms with Crippen molar-refractivity contribution in [3.05, 3.63) is 111 Å². The highest BCUT2D eigenvalue weighted by atomic mass is 35.5. The van der Waals surface area contributed by atoms with Crippen molar-refractivity contribution in [2.24, 2.45) is 5.10 Å². The van der Waals surface area contributed by atoms with Gasteiger partial charge in [0.2, 0.25) is 0 Å². The molecule has 2 N–H and O–H groups in total. The molecule has 4 rings (SSSR count). The van der Waals surface area contributed by atoms with Crippen molar-refractivity contribution in [2.45, 2.75) is 25.5 Å². The molecule has 0 spiro atoms. The van der Waals surface area contributed by atoms with Crippen LogP contribution >= 0.6 is 34.8 Å². The highest BCUT2D eigenvalue weighted by molar-refractivity contribution is 6.35. The first kappa shape index (κ1) is 28.2. The SMILES string of the molecule is C[C@@H](Oc1ccc(Cl)cc1Cl)C(=O)N[C@H](Cc1ccccc1)C(=O)N/N=C\c1ccc(-c2ccc(Cl)cc2)o1. The Balaban J connectivity index is 1.41. The van der Waals surface area contributed by atoms with Gasteiger partial charge in [-0.05, 0) is 67.1 Å². The molecule has 2 amide bonds. The third-order valence-electron chi connectivity index (χ3n) is 5.60. The standard InChI is InChI=1S/C29H24Cl3N3O4/c1-18(38-27-13-11-22(31)16-24(27)32)28(36)34-25(15-19-5-3-2-4-6-19)29(37)35-33-17-23-12-14-26(39-23)20-7-9-21(30)10-8-20/h2-14,16-18,25H,15H2,1H3,(H,34,36)(H,35,37)/b33-17-/t18-,25-/m1/s1. The van der Waals surface area contributed by atoms with Gasteiger partial charge in [-0.25, -0.2) is 5.43 Å². The summed E-state index contributed by atoms with van der Waals surface area (Å²) in [7, 11) is 0. The van der Waals surface area contributed by atoms with Crippen LogP contribution in [0.25, 0.3) is 11.3 Å². The summed E-state index contributed by atoms with van der Waals surface area (Å²) in [6.45, 7) is 1.56. The zero-order chi connectivity index (χ0) is 27.8. The van der Waals surface area contributed by atoms with E-state index in [9.17, 15) is 9.59 Å². The van der Waals surface area contributed by atoms with Crippen molar-refractivity contribution < 1.29 is 18.7 Å². The first-order valence-electron chi connectivity index (χ1n) is 11.9. The van der Waals surface area contributed by atoms with Crippen LogP contribution in [-0.4, -0.2) is 30.2 Å². The Labute approximate surface area is 240 Å². The van der Waals surface area contributed by atoms with Gasteiger partial charge in [0.25, 0.3) is 11.8 Å². The molecule has 0 unspecified atom stereocenters. The van der Waals surface area contributed by atoms with Crippen LogP contribution in [-0.2, 0) is 16.0 Å². The van der Waals surface area contributed by atoms with Gasteiger partial charge < -0.3 is 14.5 Å². The van der Waals surface area contributed by atoms with E-state index >= 15 is 0 Å². The van der Waals surface area contributed by atoms with Crippen molar-refractivity contribution >= 4 is 52.8 Å². The van der Waals surface area contributed by atoms with Crippen molar-refractivity contribution in [2.75, 3.05) is 0 Å². The fourth-order valence-corrected chi connectivity index (χ4v) is 4.17. The first-order chi connectivity index (χ1) is 18.8. The fraction of sp³-hybridized carbons (Fsp3) is 0.138. The van der Waals surface area contributed by atoms with Crippen LogP contribution in [0.15, 0.2) is 94.4 Å². The molecule has 1 aromatic heterocycles. The molecule has 0 aliphatic carbocycles. The molecule has 4 aromatic rings. The highest BCUT2D eigenvalue weighted by Gasteiger charge is 2.25. The zero-order valence-electron chi connectivity index (χ0n) is 20.7. The number of carbonyl (C=O) groups excluding carboxylic acids is 2. The molecule has 0 bridgehead atoms. The van der Waals surface area contributed by atoms with Gasteiger partial charge in [0.1, 0.15) is 23.3 Å². The molecule has 200 valence electrons. The minimum Gasteiger partial charge on any atom is -0.479 e. The number of carbonyl (C=O) groups is 2. The van der Waals surface area contributed by atoms with E-state index in [-0.39, 0.29) is 11.4 Å². The van der Waals surface area contributed by atoms with E-state index in [4.69, 9.17) is 44.0 Å². The number of hydrogen-bond acceptors (Lipinski definition) is 5. The third-order valence-corrected chi connectivity index (χ3v) is 6.39. The quantitative estimate of drug-likeness (QED) is 0.163. The first-order valence-corrected chi connectivity index (χ1v) is 13.1. The Morgan fingerprint density at radius 1 is 0.923 bits per heavy atom. The number of nitrogens with one attached hydrogen (secondary N) is 2. The molecular weight excluding hydrogens is 561 g/mol. The zero-order valence-corrected chi connectivity index (χ0v) is 23.0. The van der Waals surface area contributed by atoms with E-state index in [0.717, 1.165) is 11.1 Å². The lowest BCUT2D eigenvalue weighted by Gasteiger charge is -2.21. The Morgan fingerprint density at radius 3 is 2.36 bits per heavy atom. The van der Waals surface area contributed by atoms with Gasteiger partial charge in [0, 0.05) is 22.0 Å². The topological polar surface area (TPSA) is 92.9 Å². The monoisotopic (exact) mass is 583 g/mol. The molecule has 2 atom stereocenters. The summed E-state index contributed by atoms with van der Waals surface area (Å²) in [5.74, 6) is 0.354. The van der Waals surface area contributed by atoms with Gasteiger partial charge in [0.15, 0.2) is 6.10 Å². The minimum absolute atomic E-state index is 0.240. The van der Waals surface area contributed by atoms with Crippen molar-refractivity contribution in [1.29, 1.82) is 0 Å². The van der Waals surface area contributed by atoms with Crippen LogP contribution in [0.2, 0.25) is 15.1 Å². The third kappa shape index (κ3) is 8.10. The number of rotatable bonds is 10. The number of amides is 2. The van der Waals surface area contributed by atoms with Crippen LogP contribution in [0.3, 0.4) is 0 Å². The van der Waals surface area contributed by atoms with E-state index < -0.39 is 24.0 Å². The van der Waals surface area contributed by atoms with E-state index in [2.05, 4.69) is 15.8 Å². The molecule has 0 aliphatic rings. The number of nitrogens with zero attached hydrogens (tertiary/aromatic N) is 1. The van der Waals surface area contributed by atoms with E-state index in [0.29, 0.717) is 27.3 Å². The van der Waals surface area contributed by atoms with Gasteiger partial charge in [-0.15, -0.1) is 0 Å². The van der Waals surface area contributed by atoms with E-state index in [1.165, 1.54) is 12.3 Å². The average molecular weight is 585 g/mol. The summed E-state index contributed by atoms with van der Waals surface area (Å²) < 4.78 is 11.5. The second-order valence-corrected chi connectivity index (χ2v) is 9.81. The normalized spacial score (nSPS) is 12.6. The number of benzene rings is 3. The van der Waals surface area contributed by atoms with E-state index in [1.54, 1.807) is 43.3 Å². The molecule has 0 saturated heterocycles. The summed E-state index contributed by atoms with van der Waals surface area (Å²) in [5.41, 5.74) is 4.19. The van der Waals surface area contributed by atoms with Gasteiger partial charge >= 0.3 is 0 Å².